The van der Waals surface area contributed by atoms with Gasteiger partial charge in [-0.3, -0.25) is 4.79 Å². The Morgan fingerprint density at radius 3 is 2.59 bits per heavy atom. The van der Waals surface area contributed by atoms with Gasteiger partial charge in [-0.05, 0) is 42.5 Å². The number of urea groups is 1. The second-order valence-electron chi connectivity index (χ2n) is 5.89. The second kappa shape index (κ2) is 7.98. The number of carbonyl (C=O) groups is 2. The van der Waals surface area contributed by atoms with Crippen LogP contribution in [0.25, 0.3) is 0 Å². The van der Waals surface area contributed by atoms with Crippen LogP contribution in [-0.4, -0.2) is 31.1 Å². The summed E-state index contributed by atoms with van der Waals surface area (Å²) in [5, 5.41) is 5.21. The van der Waals surface area contributed by atoms with Gasteiger partial charge in [0.15, 0.2) is 0 Å². The van der Waals surface area contributed by atoms with Crippen molar-refractivity contribution < 1.29 is 27.5 Å². The molecular formula is C18H16F3N3O3. The highest BCUT2D eigenvalue weighted by Gasteiger charge is 2.31. The quantitative estimate of drug-likeness (QED) is 0.837. The van der Waals surface area contributed by atoms with Crippen molar-refractivity contribution in [1.29, 1.82) is 0 Å². The molecule has 1 saturated heterocycles. The fourth-order valence-corrected chi connectivity index (χ4v) is 2.77. The van der Waals surface area contributed by atoms with Crippen LogP contribution in [0.5, 0.6) is 5.75 Å². The molecule has 1 aliphatic rings. The Labute approximate surface area is 152 Å². The summed E-state index contributed by atoms with van der Waals surface area (Å²) in [5.74, 6) is -0.698. The summed E-state index contributed by atoms with van der Waals surface area (Å²) in [6.45, 7) is -2.70. The number of alkyl halides is 2. The number of benzene rings is 2. The summed E-state index contributed by atoms with van der Waals surface area (Å²) >= 11 is 0. The van der Waals surface area contributed by atoms with E-state index in [1.165, 1.54) is 47.4 Å². The number of halogens is 3. The Balaban J connectivity index is 1.55. The number of amides is 3. The molecule has 3 rings (SSSR count). The Hall–Kier alpha value is -3.23. The molecule has 9 heteroatoms. The third-order valence-electron chi connectivity index (χ3n) is 3.92. The Kier molecular flexibility index (Phi) is 5.49. The SMILES string of the molecule is O=C(Nc1ccc(OC(F)F)cc1)N[C@@H]1CC(=O)N(c2cccc(F)c2)C1. The van der Waals surface area contributed by atoms with Gasteiger partial charge in [-0.2, -0.15) is 8.78 Å². The van der Waals surface area contributed by atoms with E-state index in [0.29, 0.717) is 11.4 Å². The van der Waals surface area contributed by atoms with Crippen LogP contribution in [0.1, 0.15) is 6.42 Å². The zero-order valence-corrected chi connectivity index (χ0v) is 14.0. The van der Waals surface area contributed by atoms with E-state index in [4.69, 9.17) is 0 Å². The number of hydrogen-bond donors (Lipinski definition) is 2. The molecule has 0 spiro atoms. The van der Waals surface area contributed by atoms with E-state index >= 15 is 0 Å². The van der Waals surface area contributed by atoms with E-state index in [1.807, 2.05) is 0 Å². The van der Waals surface area contributed by atoms with Crippen LogP contribution in [-0.2, 0) is 4.79 Å². The Morgan fingerprint density at radius 2 is 1.93 bits per heavy atom. The van der Waals surface area contributed by atoms with Gasteiger partial charge in [0.05, 0.1) is 6.04 Å². The van der Waals surface area contributed by atoms with Gasteiger partial charge in [-0.15, -0.1) is 0 Å². The molecular weight excluding hydrogens is 363 g/mol. The molecule has 6 nitrogen and oxygen atoms in total. The third-order valence-corrected chi connectivity index (χ3v) is 3.92. The van der Waals surface area contributed by atoms with Crippen LogP contribution in [0.4, 0.5) is 29.3 Å². The Morgan fingerprint density at radius 1 is 1.19 bits per heavy atom. The van der Waals surface area contributed by atoms with E-state index in [2.05, 4.69) is 15.4 Å². The topological polar surface area (TPSA) is 70.7 Å². The molecule has 2 aromatic rings. The maximum Gasteiger partial charge on any atom is 0.387 e. The number of hydrogen-bond acceptors (Lipinski definition) is 3. The summed E-state index contributed by atoms with van der Waals surface area (Å²) in [4.78, 5) is 25.6. The molecule has 0 saturated carbocycles. The van der Waals surface area contributed by atoms with Crippen molar-refractivity contribution in [2.75, 3.05) is 16.8 Å². The van der Waals surface area contributed by atoms with Crippen LogP contribution in [0.3, 0.4) is 0 Å². The molecule has 0 radical (unpaired) electrons. The molecule has 1 aliphatic heterocycles. The lowest BCUT2D eigenvalue weighted by Gasteiger charge is -2.17. The Bertz CT molecular complexity index is 830. The highest BCUT2D eigenvalue weighted by Crippen LogP contribution is 2.22. The van der Waals surface area contributed by atoms with Gasteiger partial charge in [0.2, 0.25) is 5.91 Å². The zero-order chi connectivity index (χ0) is 19.4. The molecule has 1 heterocycles. The zero-order valence-electron chi connectivity index (χ0n) is 14.0. The lowest BCUT2D eigenvalue weighted by molar-refractivity contribution is -0.117. The summed E-state index contributed by atoms with van der Waals surface area (Å²) in [7, 11) is 0. The highest BCUT2D eigenvalue weighted by atomic mass is 19.3. The van der Waals surface area contributed by atoms with Gasteiger partial charge in [0.25, 0.3) is 0 Å². The predicted octanol–water partition coefficient (Wildman–Crippen LogP) is 3.35. The van der Waals surface area contributed by atoms with Crippen molar-refractivity contribution in [3.8, 4) is 5.75 Å². The van der Waals surface area contributed by atoms with Crippen LogP contribution in [0, 0.1) is 5.82 Å². The number of ether oxygens (including phenoxy) is 1. The smallest absolute Gasteiger partial charge is 0.387 e. The van der Waals surface area contributed by atoms with Crippen molar-refractivity contribution >= 4 is 23.3 Å². The summed E-state index contributed by atoms with van der Waals surface area (Å²) in [5.41, 5.74) is 0.805. The van der Waals surface area contributed by atoms with Gasteiger partial charge in [0.1, 0.15) is 11.6 Å². The standard InChI is InChI=1S/C18H16F3N3O3/c19-11-2-1-3-14(8-11)24-10-13(9-16(24)25)23-18(26)22-12-4-6-15(7-5-12)27-17(20)21/h1-8,13,17H,9-10H2,(H2,22,23,26)/t13-/m1/s1. The van der Waals surface area contributed by atoms with E-state index in [1.54, 1.807) is 6.07 Å². The largest absolute Gasteiger partial charge is 0.435 e. The van der Waals surface area contributed by atoms with Crippen LogP contribution >= 0.6 is 0 Å². The molecule has 0 bridgehead atoms. The van der Waals surface area contributed by atoms with Crippen LogP contribution < -0.4 is 20.3 Å². The lowest BCUT2D eigenvalue weighted by Crippen LogP contribution is -2.39. The molecule has 1 fully saturated rings. The number of anilines is 2. The number of nitrogens with zero attached hydrogens (tertiary/aromatic N) is 1. The highest BCUT2D eigenvalue weighted by molar-refractivity contribution is 5.97. The molecule has 1 atom stereocenters. The van der Waals surface area contributed by atoms with E-state index in [9.17, 15) is 22.8 Å². The van der Waals surface area contributed by atoms with Crippen molar-refractivity contribution in [2.45, 2.75) is 19.1 Å². The first-order valence-electron chi connectivity index (χ1n) is 8.09. The normalized spacial score (nSPS) is 16.5. The van der Waals surface area contributed by atoms with Crippen molar-refractivity contribution in [2.24, 2.45) is 0 Å². The first-order chi connectivity index (χ1) is 12.9. The first kappa shape index (κ1) is 18.6. The molecule has 0 aliphatic carbocycles. The number of rotatable bonds is 5. The second-order valence-corrected chi connectivity index (χ2v) is 5.89. The minimum absolute atomic E-state index is 0.0249. The fraction of sp³-hybridized carbons (Fsp3) is 0.222. The van der Waals surface area contributed by atoms with Crippen LogP contribution in [0.15, 0.2) is 48.5 Å². The molecule has 2 aromatic carbocycles. The minimum atomic E-state index is -2.92. The number of nitrogens with one attached hydrogen (secondary N) is 2. The molecule has 0 aromatic heterocycles. The van der Waals surface area contributed by atoms with Crippen LogP contribution in [0.2, 0.25) is 0 Å². The summed E-state index contributed by atoms with van der Waals surface area (Å²) < 4.78 is 41.8. The van der Waals surface area contributed by atoms with Gasteiger partial charge >= 0.3 is 12.6 Å². The summed E-state index contributed by atoms with van der Waals surface area (Å²) in [6, 6.07) is 10.1. The van der Waals surface area contributed by atoms with Gasteiger partial charge in [-0.1, -0.05) is 6.07 Å². The van der Waals surface area contributed by atoms with Gasteiger partial charge < -0.3 is 20.3 Å². The monoisotopic (exact) mass is 379 g/mol. The maximum atomic E-state index is 13.3. The number of carbonyl (C=O) groups excluding carboxylic acids is 2. The minimum Gasteiger partial charge on any atom is -0.435 e. The average Bonchev–Trinajstić information content (AvgIpc) is 2.96. The fourth-order valence-electron chi connectivity index (χ4n) is 2.77. The molecule has 3 amide bonds. The molecule has 142 valence electrons. The first-order valence-corrected chi connectivity index (χ1v) is 8.09. The van der Waals surface area contributed by atoms with Gasteiger partial charge in [0, 0.05) is 24.3 Å². The lowest BCUT2D eigenvalue weighted by atomic mass is 10.2. The maximum absolute atomic E-state index is 13.3. The average molecular weight is 379 g/mol. The molecule has 27 heavy (non-hydrogen) atoms. The van der Waals surface area contributed by atoms with Crippen molar-refractivity contribution in [3.63, 3.8) is 0 Å². The molecule has 2 N–H and O–H groups in total. The van der Waals surface area contributed by atoms with Gasteiger partial charge in [-0.25, -0.2) is 9.18 Å². The molecule has 0 unspecified atom stereocenters. The van der Waals surface area contributed by atoms with Crippen molar-refractivity contribution in [1.82, 2.24) is 5.32 Å². The third kappa shape index (κ3) is 4.90. The van der Waals surface area contributed by atoms with E-state index in [0.717, 1.165) is 0 Å². The predicted molar refractivity (Wildman–Crippen MR) is 92.4 cm³/mol. The van der Waals surface area contributed by atoms with Crippen molar-refractivity contribution in [3.05, 3.63) is 54.3 Å². The summed E-state index contributed by atoms with van der Waals surface area (Å²) in [6.07, 6.45) is 0.0884. The van der Waals surface area contributed by atoms with E-state index < -0.39 is 24.5 Å². The van der Waals surface area contributed by atoms with E-state index in [-0.39, 0.29) is 24.6 Å².